The van der Waals surface area contributed by atoms with Crippen molar-refractivity contribution < 1.29 is 9.53 Å². The molecule has 1 heterocycles. The van der Waals surface area contributed by atoms with E-state index in [1.165, 1.54) is 12.8 Å². The SMILES string of the molecule is COc1ccc(CCC(=O)Nc2ccc3nc(C4CC4)[nH]c3c2)cc1. The van der Waals surface area contributed by atoms with E-state index in [9.17, 15) is 4.79 Å². The number of anilines is 1. The van der Waals surface area contributed by atoms with Gasteiger partial charge in [-0.3, -0.25) is 4.79 Å². The van der Waals surface area contributed by atoms with Crippen molar-refractivity contribution in [3.63, 3.8) is 0 Å². The molecule has 5 heteroatoms. The molecule has 1 amide bonds. The van der Waals surface area contributed by atoms with Crippen LogP contribution in [0.5, 0.6) is 5.75 Å². The average Bonchev–Trinajstić information content (AvgIpc) is 3.40. The van der Waals surface area contributed by atoms with Crippen LogP contribution in [-0.4, -0.2) is 23.0 Å². The smallest absolute Gasteiger partial charge is 0.224 e. The third-order valence-electron chi connectivity index (χ3n) is 4.55. The van der Waals surface area contributed by atoms with Gasteiger partial charge in [0.2, 0.25) is 5.91 Å². The minimum Gasteiger partial charge on any atom is -0.497 e. The van der Waals surface area contributed by atoms with Crippen LogP contribution in [0, 0.1) is 0 Å². The number of carbonyl (C=O) groups is 1. The zero-order valence-corrected chi connectivity index (χ0v) is 14.2. The van der Waals surface area contributed by atoms with Gasteiger partial charge in [-0.1, -0.05) is 12.1 Å². The summed E-state index contributed by atoms with van der Waals surface area (Å²) in [5.41, 5.74) is 3.86. The molecule has 5 nitrogen and oxygen atoms in total. The highest BCUT2D eigenvalue weighted by Gasteiger charge is 2.26. The van der Waals surface area contributed by atoms with Gasteiger partial charge in [0, 0.05) is 18.0 Å². The van der Waals surface area contributed by atoms with E-state index in [1.807, 2.05) is 42.5 Å². The number of benzene rings is 2. The number of ether oxygens (including phenoxy) is 1. The molecule has 25 heavy (non-hydrogen) atoms. The van der Waals surface area contributed by atoms with Crippen LogP contribution in [0.3, 0.4) is 0 Å². The summed E-state index contributed by atoms with van der Waals surface area (Å²) < 4.78 is 5.14. The lowest BCUT2D eigenvalue weighted by molar-refractivity contribution is -0.116. The Labute approximate surface area is 146 Å². The zero-order valence-electron chi connectivity index (χ0n) is 14.2. The van der Waals surface area contributed by atoms with Crippen molar-refractivity contribution in [2.45, 2.75) is 31.6 Å². The third kappa shape index (κ3) is 3.65. The highest BCUT2D eigenvalue weighted by atomic mass is 16.5. The maximum atomic E-state index is 12.2. The summed E-state index contributed by atoms with van der Waals surface area (Å²) in [6, 6.07) is 13.6. The number of aromatic amines is 1. The van der Waals surface area contributed by atoms with Crippen LogP contribution in [0.2, 0.25) is 0 Å². The van der Waals surface area contributed by atoms with Crippen molar-refractivity contribution in [2.75, 3.05) is 12.4 Å². The minimum atomic E-state index is 0.0112. The van der Waals surface area contributed by atoms with E-state index in [2.05, 4.69) is 15.3 Å². The van der Waals surface area contributed by atoms with E-state index in [-0.39, 0.29) is 5.91 Å². The van der Waals surface area contributed by atoms with Gasteiger partial charge in [0.05, 0.1) is 18.1 Å². The van der Waals surface area contributed by atoms with Crippen molar-refractivity contribution in [3.8, 4) is 5.75 Å². The fourth-order valence-corrected chi connectivity index (χ4v) is 2.93. The lowest BCUT2D eigenvalue weighted by Gasteiger charge is -2.06. The first-order valence-electron chi connectivity index (χ1n) is 8.64. The third-order valence-corrected chi connectivity index (χ3v) is 4.55. The summed E-state index contributed by atoms with van der Waals surface area (Å²) in [5, 5.41) is 2.97. The Morgan fingerprint density at radius 2 is 2.04 bits per heavy atom. The second-order valence-corrected chi connectivity index (χ2v) is 6.52. The molecule has 0 radical (unpaired) electrons. The van der Waals surface area contributed by atoms with Crippen molar-refractivity contribution in [2.24, 2.45) is 0 Å². The first-order chi connectivity index (χ1) is 12.2. The molecule has 1 fully saturated rings. The second-order valence-electron chi connectivity index (χ2n) is 6.52. The number of rotatable bonds is 6. The Hall–Kier alpha value is -2.82. The predicted octanol–water partition coefficient (Wildman–Crippen LogP) is 4.02. The van der Waals surface area contributed by atoms with Crippen LogP contribution < -0.4 is 10.1 Å². The molecule has 0 aliphatic heterocycles. The van der Waals surface area contributed by atoms with Gasteiger partial charge < -0.3 is 15.0 Å². The number of amides is 1. The summed E-state index contributed by atoms with van der Waals surface area (Å²) in [5.74, 6) is 2.50. The largest absolute Gasteiger partial charge is 0.497 e. The molecule has 3 aromatic rings. The fraction of sp³-hybridized carbons (Fsp3) is 0.300. The van der Waals surface area contributed by atoms with E-state index in [1.54, 1.807) is 7.11 Å². The fourth-order valence-electron chi connectivity index (χ4n) is 2.93. The summed E-state index contributed by atoms with van der Waals surface area (Å²) >= 11 is 0. The molecule has 1 aliphatic rings. The Balaban J connectivity index is 1.37. The minimum absolute atomic E-state index is 0.0112. The number of methoxy groups -OCH3 is 1. The van der Waals surface area contributed by atoms with E-state index >= 15 is 0 Å². The number of carbonyl (C=O) groups excluding carboxylic acids is 1. The second kappa shape index (κ2) is 6.59. The predicted molar refractivity (Wildman–Crippen MR) is 98.0 cm³/mol. The lowest BCUT2D eigenvalue weighted by Crippen LogP contribution is -2.12. The maximum absolute atomic E-state index is 12.2. The van der Waals surface area contributed by atoms with E-state index < -0.39 is 0 Å². The molecule has 1 aromatic heterocycles. The molecule has 1 saturated carbocycles. The number of nitrogens with one attached hydrogen (secondary N) is 2. The summed E-state index contributed by atoms with van der Waals surface area (Å²) in [4.78, 5) is 20.2. The zero-order chi connectivity index (χ0) is 17.2. The van der Waals surface area contributed by atoms with Gasteiger partial charge in [-0.2, -0.15) is 0 Å². The van der Waals surface area contributed by atoms with Gasteiger partial charge in [0.25, 0.3) is 0 Å². The van der Waals surface area contributed by atoms with E-state index in [0.717, 1.165) is 33.9 Å². The normalized spacial score (nSPS) is 13.8. The van der Waals surface area contributed by atoms with Gasteiger partial charge in [0.1, 0.15) is 11.6 Å². The maximum Gasteiger partial charge on any atom is 0.224 e. The number of aromatic nitrogens is 2. The van der Waals surface area contributed by atoms with Crippen molar-refractivity contribution in [1.82, 2.24) is 9.97 Å². The molecule has 2 aromatic carbocycles. The number of aryl methyl sites for hydroxylation is 1. The Morgan fingerprint density at radius 3 is 2.76 bits per heavy atom. The van der Waals surface area contributed by atoms with Gasteiger partial charge in [-0.25, -0.2) is 4.98 Å². The van der Waals surface area contributed by atoms with Crippen molar-refractivity contribution in [3.05, 3.63) is 53.9 Å². The molecule has 0 saturated heterocycles. The number of hydrogen-bond donors (Lipinski definition) is 2. The molecular formula is C20H21N3O2. The van der Waals surface area contributed by atoms with Crippen LogP contribution in [0.15, 0.2) is 42.5 Å². The van der Waals surface area contributed by atoms with Crippen molar-refractivity contribution >= 4 is 22.6 Å². The standard InChI is InChI=1S/C20H21N3O2/c1-25-16-8-2-13(3-9-16)4-11-19(24)21-15-7-10-17-18(12-15)23-20(22-17)14-5-6-14/h2-3,7-10,12,14H,4-6,11H2,1H3,(H,21,24)(H,22,23). The first-order valence-corrected chi connectivity index (χ1v) is 8.64. The molecule has 128 valence electrons. The first kappa shape index (κ1) is 15.7. The highest BCUT2D eigenvalue weighted by molar-refractivity contribution is 5.93. The Kier molecular flexibility index (Phi) is 4.14. The Morgan fingerprint density at radius 1 is 1.24 bits per heavy atom. The monoisotopic (exact) mass is 335 g/mol. The number of fused-ring (bicyclic) bond motifs is 1. The van der Waals surface area contributed by atoms with E-state index in [0.29, 0.717) is 18.8 Å². The number of H-pyrrole nitrogens is 1. The van der Waals surface area contributed by atoms with Crippen LogP contribution in [0.1, 0.15) is 36.6 Å². The van der Waals surface area contributed by atoms with E-state index in [4.69, 9.17) is 4.74 Å². The quantitative estimate of drug-likeness (QED) is 0.715. The van der Waals surface area contributed by atoms with Crippen molar-refractivity contribution in [1.29, 1.82) is 0 Å². The molecule has 4 rings (SSSR count). The van der Waals surface area contributed by atoms with Crippen LogP contribution >= 0.6 is 0 Å². The highest BCUT2D eigenvalue weighted by Crippen LogP contribution is 2.39. The summed E-state index contributed by atoms with van der Waals surface area (Å²) in [6.45, 7) is 0. The average molecular weight is 335 g/mol. The molecule has 2 N–H and O–H groups in total. The van der Waals surface area contributed by atoms with Gasteiger partial charge in [-0.15, -0.1) is 0 Å². The van der Waals surface area contributed by atoms with Gasteiger partial charge in [0.15, 0.2) is 0 Å². The van der Waals surface area contributed by atoms with Gasteiger partial charge in [-0.05, 0) is 55.2 Å². The topological polar surface area (TPSA) is 67.0 Å². The molecule has 0 spiro atoms. The Bertz CT molecular complexity index is 895. The molecule has 0 atom stereocenters. The van der Waals surface area contributed by atoms with Gasteiger partial charge >= 0.3 is 0 Å². The van der Waals surface area contributed by atoms with Crippen LogP contribution in [0.25, 0.3) is 11.0 Å². The molecule has 0 bridgehead atoms. The molecule has 1 aliphatic carbocycles. The van der Waals surface area contributed by atoms with Crippen LogP contribution in [-0.2, 0) is 11.2 Å². The molecular weight excluding hydrogens is 314 g/mol. The number of imidazole rings is 1. The van der Waals surface area contributed by atoms with Crippen LogP contribution in [0.4, 0.5) is 5.69 Å². The summed E-state index contributed by atoms with van der Waals surface area (Å²) in [6.07, 6.45) is 3.58. The summed E-state index contributed by atoms with van der Waals surface area (Å²) in [7, 11) is 1.65. The lowest BCUT2D eigenvalue weighted by atomic mass is 10.1. The number of nitrogens with zero attached hydrogens (tertiary/aromatic N) is 1. The number of hydrogen-bond acceptors (Lipinski definition) is 3. The molecule has 0 unspecified atom stereocenters.